The first-order valence-corrected chi connectivity index (χ1v) is 37.0. The number of esters is 2. The van der Waals surface area contributed by atoms with E-state index in [-0.39, 0.29) is 32.1 Å². The van der Waals surface area contributed by atoms with Crippen LogP contribution in [0.1, 0.15) is 399 Å². The van der Waals surface area contributed by atoms with Gasteiger partial charge in [-0.3, -0.25) is 18.6 Å². The zero-order chi connectivity index (χ0) is 57.3. The SMILES string of the molecule is CCCCCCCCCCCCCCCCCCCCCCCCCCCCCCCCCCCC(=O)OC(COC(=O)CCCCCCCCCCCCCCCCCCCCCCCCCCC)COP(=O)(O)OCCN. The highest BCUT2D eigenvalue weighted by Gasteiger charge is 2.26. The van der Waals surface area contributed by atoms with Gasteiger partial charge in [-0.2, -0.15) is 0 Å². The van der Waals surface area contributed by atoms with Crippen molar-refractivity contribution in [1.29, 1.82) is 0 Å². The molecule has 0 aliphatic rings. The number of unbranched alkanes of at least 4 members (excludes halogenated alkanes) is 56. The number of nitrogens with two attached hydrogens (primary N) is 1. The molecule has 0 rings (SSSR count). The van der Waals surface area contributed by atoms with E-state index < -0.39 is 26.5 Å². The van der Waals surface area contributed by atoms with Gasteiger partial charge in [0.05, 0.1) is 13.2 Å². The lowest BCUT2D eigenvalue weighted by molar-refractivity contribution is -0.161. The van der Waals surface area contributed by atoms with Gasteiger partial charge in [0.15, 0.2) is 6.10 Å². The largest absolute Gasteiger partial charge is 0.472 e. The second-order valence-electron chi connectivity index (χ2n) is 24.5. The summed E-state index contributed by atoms with van der Waals surface area (Å²) in [5, 5.41) is 0. The topological polar surface area (TPSA) is 134 Å². The van der Waals surface area contributed by atoms with E-state index in [1.807, 2.05) is 0 Å². The van der Waals surface area contributed by atoms with Gasteiger partial charge in [-0.1, -0.05) is 373 Å². The molecule has 79 heavy (non-hydrogen) atoms. The summed E-state index contributed by atoms with van der Waals surface area (Å²) in [6, 6.07) is 0. The van der Waals surface area contributed by atoms with E-state index in [1.165, 1.54) is 334 Å². The number of hydrogen-bond donors (Lipinski definition) is 2. The lowest BCUT2D eigenvalue weighted by atomic mass is 10.0. The molecule has 2 unspecified atom stereocenters. The summed E-state index contributed by atoms with van der Waals surface area (Å²) < 4.78 is 33.2. The third-order valence-corrected chi connectivity index (χ3v) is 17.5. The smallest absolute Gasteiger partial charge is 0.462 e. The average molecular weight is 1140 g/mol. The van der Waals surface area contributed by atoms with Gasteiger partial charge in [-0.05, 0) is 12.8 Å². The molecule has 0 fully saturated rings. The van der Waals surface area contributed by atoms with Gasteiger partial charge in [0.1, 0.15) is 6.61 Å². The zero-order valence-electron chi connectivity index (χ0n) is 53.2. The van der Waals surface area contributed by atoms with E-state index in [4.69, 9.17) is 24.3 Å². The lowest BCUT2D eigenvalue weighted by Crippen LogP contribution is -2.29. The Balaban J connectivity index is 3.78. The highest BCUT2D eigenvalue weighted by atomic mass is 31.2. The Morgan fingerprint density at radius 1 is 0.329 bits per heavy atom. The molecule has 0 bridgehead atoms. The van der Waals surface area contributed by atoms with Crippen LogP contribution in [-0.4, -0.2) is 49.3 Å². The number of carbonyl (C=O) groups excluding carboxylic acids is 2. The molecule has 0 aromatic carbocycles. The molecule has 0 radical (unpaired) electrons. The lowest BCUT2D eigenvalue weighted by Gasteiger charge is -2.19. The van der Waals surface area contributed by atoms with Gasteiger partial charge in [0.2, 0.25) is 0 Å². The number of phosphoric acid groups is 1. The molecule has 0 amide bonds. The molecule has 10 heteroatoms. The maximum atomic E-state index is 12.8. The van der Waals surface area contributed by atoms with Gasteiger partial charge in [0, 0.05) is 19.4 Å². The summed E-state index contributed by atoms with van der Waals surface area (Å²) in [5.41, 5.74) is 5.40. The quantitative estimate of drug-likeness (QED) is 0.0347. The third kappa shape index (κ3) is 66.0. The van der Waals surface area contributed by atoms with Crippen molar-refractivity contribution in [2.75, 3.05) is 26.4 Å². The molecule has 0 aliphatic heterocycles. The van der Waals surface area contributed by atoms with Crippen molar-refractivity contribution in [2.45, 2.75) is 405 Å². The number of phosphoric ester groups is 1. The minimum Gasteiger partial charge on any atom is -0.462 e. The maximum Gasteiger partial charge on any atom is 0.472 e. The van der Waals surface area contributed by atoms with Crippen molar-refractivity contribution in [3.63, 3.8) is 0 Å². The first-order valence-electron chi connectivity index (χ1n) is 35.5. The molecule has 9 nitrogen and oxygen atoms in total. The molecular formula is C69H138NO8P. The van der Waals surface area contributed by atoms with Crippen molar-refractivity contribution in [1.82, 2.24) is 0 Å². The fourth-order valence-electron chi connectivity index (χ4n) is 11.2. The molecule has 0 heterocycles. The Kier molecular flexibility index (Phi) is 65.3. The average Bonchev–Trinajstić information content (AvgIpc) is 3.44. The normalized spacial score (nSPS) is 12.8. The third-order valence-electron chi connectivity index (χ3n) is 16.5. The first kappa shape index (κ1) is 78.0. The van der Waals surface area contributed by atoms with Crippen LogP contribution in [0.25, 0.3) is 0 Å². The molecule has 0 spiro atoms. The Hall–Kier alpha value is -0.990. The van der Waals surface area contributed by atoms with Crippen LogP contribution in [-0.2, 0) is 32.7 Å². The van der Waals surface area contributed by atoms with Gasteiger partial charge >= 0.3 is 19.8 Å². The van der Waals surface area contributed by atoms with E-state index in [1.54, 1.807) is 0 Å². The van der Waals surface area contributed by atoms with Gasteiger partial charge in [-0.15, -0.1) is 0 Å². The Morgan fingerprint density at radius 2 is 0.544 bits per heavy atom. The number of carbonyl (C=O) groups is 2. The predicted molar refractivity (Wildman–Crippen MR) is 340 cm³/mol. The second kappa shape index (κ2) is 66.2. The van der Waals surface area contributed by atoms with E-state index in [0.29, 0.717) is 12.8 Å². The minimum atomic E-state index is -4.39. The van der Waals surface area contributed by atoms with Crippen molar-refractivity contribution in [3.8, 4) is 0 Å². The summed E-state index contributed by atoms with van der Waals surface area (Å²) in [6.07, 6.45) is 77.9. The van der Waals surface area contributed by atoms with E-state index in [2.05, 4.69) is 13.8 Å². The van der Waals surface area contributed by atoms with Crippen LogP contribution < -0.4 is 5.73 Å². The Labute approximate surface area is 492 Å². The van der Waals surface area contributed by atoms with Crippen molar-refractivity contribution < 1.29 is 37.6 Å². The molecule has 472 valence electrons. The van der Waals surface area contributed by atoms with Gasteiger partial charge in [0.25, 0.3) is 0 Å². The highest BCUT2D eigenvalue weighted by Crippen LogP contribution is 2.43. The van der Waals surface area contributed by atoms with Crippen LogP contribution >= 0.6 is 7.82 Å². The minimum absolute atomic E-state index is 0.0588. The summed E-state index contributed by atoms with van der Waals surface area (Å²) in [5.74, 6) is -0.797. The zero-order valence-corrected chi connectivity index (χ0v) is 54.1. The second-order valence-corrected chi connectivity index (χ2v) is 25.9. The number of hydrogen-bond acceptors (Lipinski definition) is 8. The number of rotatable bonds is 69. The fraction of sp³-hybridized carbons (Fsp3) is 0.971. The highest BCUT2D eigenvalue weighted by molar-refractivity contribution is 7.47. The molecule has 3 N–H and O–H groups in total. The summed E-state index contributed by atoms with van der Waals surface area (Å²) in [7, 11) is -4.39. The monoisotopic (exact) mass is 1140 g/mol. The Bertz CT molecular complexity index is 1250. The molecular weight excluding hydrogens is 1000 g/mol. The fourth-order valence-corrected chi connectivity index (χ4v) is 12.0. The molecule has 2 atom stereocenters. The summed E-state index contributed by atoms with van der Waals surface area (Å²) in [4.78, 5) is 35.3. The molecule has 0 aliphatic carbocycles. The number of ether oxygens (including phenoxy) is 2. The van der Waals surface area contributed by atoms with Crippen molar-refractivity contribution in [2.24, 2.45) is 5.73 Å². The van der Waals surface area contributed by atoms with Crippen LogP contribution in [0.3, 0.4) is 0 Å². The standard InChI is InChI=1S/C69H138NO8P/c1-3-5-7-9-11-13-15-17-19-21-23-25-27-29-30-31-32-33-34-35-36-38-40-42-44-46-48-50-52-54-56-58-60-62-69(72)78-67(66-77-79(73,74)76-64-63-70)65-75-68(71)61-59-57-55-53-51-49-47-45-43-41-39-37-28-26-24-22-20-18-16-14-12-10-8-6-4-2/h67H,3-66,70H2,1-2H3,(H,73,74). The Morgan fingerprint density at radius 3 is 0.772 bits per heavy atom. The molecule has 0 saturated carbocycles. The van der Waals surface area contributed by atoms with E-state index in [0.717, 1.165) is 32.1 Å². The van der Waals surface area contributed by atoms with Crippen molar-refractivity contribution in [3.05, 3.63) is 0 Å². The van der Waals surface area contributed by atoms with Crippen LogP contribution in [0.2, 0.25) is 0 Å². The van der Waals surface area contributed by atoms with E-state index in [9.17, 15) is 19.0 Å². The van der Waals surface area contributed by atoms with Crippen LogP contribution in [0.4, 0.5) is 0 Å². The van der Waals surface area contributed by atoms with Crippen molar-refractivity contribution >= 4 is 19.8 Å². The maximum absolute atomic E-state index is 12.8. The first-order chi connectivity index (χ1) is 38.8. The molecule has 0 aromatic heterocycles. The molecule has 0 saturated heterocycles. The van der Waals surface area contributed by atoms with Crippen LogP contribution in [0.15, 0.2) is 0 Å². The molecule has 0 aromatic rings. The summed E-state index contributed by atoms with van der Waals surface area (Å²) >= 11 is 0. The van der Waals surface area contributed by atoms with Gasteiger partial charge < -0.3 is 20.1 Å². The predicted octanol–water partition coefficient (Wildman–Crippen LogP) is 23.0. The van der Waals surface area contributed by atoms with Gasteiger partial charge in [-0.25, -0.2) is 4.57 Å². The van der Waals surface area contributed by atoms with E-state index >= 15 is 0 Å². The summed E-state index contributed by atoms with van der Waals surface area (Å²) in [6.45, 7) is 3.85. The van der Waals surface area contributed by atoms with Crippen LogP contribution in [0.5, 0.6) is 0 Å². The van der Waals surface area contributed by atoms with Crippen LogP contribution in [0, 0.1) is 0 Å².